The molecule has 3 nitrogen and oxygen atoms in total. The standard InChI is InChI=1S/C15H19NO2/c1-4-18-15(2,3)14(17)13-10-16-9-11-7-5-6-8-12(11)13/h5-10,14,17H,4H2,1-3H3. The van der Waals surface area contributed by atoms with Gasteiger partial charge in [0.1, 0.15) is 6.10 Å². The van der Waals surface area contributed by atoms with Gasteiger partial charge in [-0.25, -0.2) is 0 Å². The van der Waals surface area contributed by atoms with Gasteiger partial charge in [0.15, 0.2) is 0 Å². The van der Waals surface area contributed by atoms with Gasteiger partial charge in [0.25, 0.3) is 0 Å². The molecular weight excluding hydrogens is 226 g/mol. The number of nitrogens with zero attached hydrogens (tertiary/aromatic N) is 1. The molecule has 0 aliphatic rings. The van der Waals surface area contributed by atoms with E-state index < -0.39 is 11.7 Å². The SMILES string of the molecule is CCOC(C)(C)C(O)c1cncc2ccccc12. The third-order valence-electron chi connectivity index (χ3n) is 3.17. The molecule has 0 aliphatic heterocycles. The zero-order valence-corrected chi connectivity index (χ0v) is 11.1. The van der Waals surface area contributed by atoms with Crippen molar-refractivity contribution < 1.29 is 9.84 Å². The first-order chi connectivity index (χ1) is 8.56. The van der Waals surface area contributed by atoms with Gasteiger partial charge in [-0.05, 0) is 26.2 Å². The second-order valence-electron chi connectivity index (χ2n) is 4.89. The average molecular weight is 245 g/mol. The van der Waals surface area contributed by atoms with Crippen molar-refractivity contribution in [3.05, 3.63) is 42.2 Å². The first kappa shape index (κ1) is 13.0. The summed E-state index contributed by atoms with van der Waals surface area (Å²) in [7, 11) is 0. The van der Waals surface area contributed by atoms with Crippen molar-refractivity contribution in [3.8, 4) is 0 Å². The molecule has 0 saturated heterocycles. The molecule has 96 valence electrons. The Bertz CT molecular complexity index is 532. The number of hydrogen-bond acceptors (Lipinski definition) is 3. The van der Waals surface area contributed by atoms with Gasteiger partial charge in [-0.3, -0.25) is 4.98 Å². The topological polar surface area (TPSA) is 42.4 Å². The van der Waals surface area contributed by atoms with Crippen LogP contribution in [0.5, 0.6) is 0 Å². The summed E-state index contributed by atoms with van der Waals surface area (Å²) >= 11 is 0. The van der Waals surface area contributed by atoms with Crippen LogP contribution in [0.15, 0.2) is 36.7 Å². The summed E-state index contributed by atoms with van der Waals surface area (Å²) < 4.78 is 5.62. The zero-order valence-electron chi connectivity index (χ0n) is 11.1. The molecule has 2 aromatic rings. The van der Waals surface area contributed by atoms with Crippen LogP contribution in [0.1, 0.15) is 32.4 Å². The van der Waals surface area contributed by atoms with Crippen molar-refractivity contribution in [3.63, 3.8) is 0 Å². The molecule has 0 aliphatic carbocycles. The maximum Gasteiger partial charge on any atom is 0.109 e. The van der Waals surface area contributed by atoms with Gasteiger partial charge in [-0.2, -0.15) is 0 Å². The van der Waals surface area contributed by atoms with Crippen LogP contribution in [0.3, 0.4) is 0 Å². The largest absolute Gasteiger partial charge is 0.385 e. The maximum atomic E-state index is 10.5. The average Bonchev–Trinajstić information content (AvgIpc) is 2.37. The number of pyridine rings is 1. The lowest BCUT2D eigenvalue weighted by molar-refractivity contribution is -0.0979. The molecule has 0 spiro atoms. The van der Waals surface area contributed by atoms with Gasteiger partial charge in [-0.15, -0.1) is 0 Å². The van der Waals surface area contributed by atoms with E-state index in [-0.39, 0.29) is 0 Å². The third-order valence-corrected chi connectivity index (χ3v) is 3.17. The van der Waals surface area contributed by atoms with Gasteiger partial charge in [0.2, 0.25) is 0 Å². The molecule has 0 saturated carbocycles. The predicted octanol–water partition coefficient (Wildman–Crippen LogP) is 3.08. The van der Waals surface area contributed by atoms with Gasteiger partial charge < -0.3 is 9.84 Å². The molecule has 1 atom stereocenters. The van der Waals surface area contributed by atoms with Gasteiger partial charge >= 0.3 is 0 Å². The number of benzene rings is 1. The molecule has 0 fully saturated rings. The zero-order chi connectivity index (χ0) is 13.2. The third kappa shape index (κ3) is 2.37. The van der Waals surface area contributed by atoms with Crippen molar-refractivity contribution in [2.45, 2.75) is 32.5 Å². The highest BCUT2D eigenvalue weighted by atomic mass is 16.5. The minimum Gasteiger partial charge on any atom is -0.385 e. The van der Waals surface area contributed by atoms with Crippen molar-refractivity contribution >= 4 is 10.8 Å². The molecule has 0 bridgehead atoms. The Morgan fingerprint density at radius 2 is 2.00 bits per heavy atom. The van der Waals surface area contributed by atoms with E-state index in [1.165, 1.54) is 0 Å². The Hall–Kier alpha value is -1.45. The fraction of sp³-hybridized carbons (Fsp3) is 0.400. The van der Waals surface area contributed by atoms with E-state index in [2.05, 4.69) is 4.98 Å². The predicted molar refractivity (Wildman–Crippen MR) is 72.4 cm³/mol. The van der Waals surface area contributed by atoms with E-state index in [4.69, 9.17) is 4.74 Å². The number of hydrogen-bond donors (Lipinski definition) is 1. The summed E-state index contributed by atoms with van der Waals surface area (Å²) in [6.07, 6.45) is 2.82. The quantitative estimate of drug-likeness (QED) is 0.900. The Morgan fingerprint density at radius 1 is 1.28 bits per heavy atom. The van der Waals surface area contributed by atoms with Crippen molar-refractivity contribution in [1.82, 2.24) is 4.98 Å². The van der Waals surface area contributed by atoms with Crippen LogP contribution in [0.2, 0.25) is 0 Å². The molecule has 1 aromatic heterocycles. The molecule has 0 amide bonds. The molecule has 1 heterocycles. The van der Waals surface area contributed by atoms with Gasteiger partial charge in [-0.1, -0.05) is 24.3 Å². The van der Waals surface area contributed by atoms with Crippen LogP contribution < -0.4 is 0 Å². The normalized spacial score (nSPS) is 13.8. The van der Waals surface area contributed by atoms with E-state index in [1.807, 2.05) is 45.0 Å². The Kier molecular flexibility index (Phi) is 3.64. The number of aliphatic hydroxyl groups excluding tert-OH is 1. The van der Waals surface area contributed by atoms with E-state index in [1.54, 1.807) is 12.4 Å². The highest BCUT2D eigenvalue weighted by molar-refractivity contribution is 5.85. The molecule has 1 aromatic carbocycles. The number of fused-ring (bicyclic) bond motifs is 1. The highest BCUT2D eigenvalue weighted by Gasteiger charge is 2.30. The van der Waals surface area contributed by atoms with Crippen LogP contribution in [-0.2, 0) is 4.74 Å². The smallest absolute Gasteiger partial charge is 0.109 e. The van der Waals surface area contributed by atoms with Crippen LogP contribution in [-0.4, -0.2) is 22.3 Å². The minimum atomic E-state index is -0.698. The second-order valence-corrected chi connectivity index (χ2v) is 4.89. The number of aliphatic hydroxyl groups is 1. The monoisotopic (exact) mass is 245 g/mol. The first-order valence-corrected chi connectivity index (χ1v) is 6.21. The summed E-state index contributed by atoms with van der Waals surface area (Å²) in [6, 6.07) is 7.92. The van der Waals surface area contributed by atoms with Gasteiger partial charge in [0.05, 0.1) is 5.60 Å². The summed E-state index contributed by atoms with van der Waals surface area (Å²) in [5.41, 5.74) is 0.187. The van der Waals surface area contributed by atoms with Crippen molar-refractivity contribution in [2.75, 3.05) is 6.61 Å². The highest BCUT2D eigenvalue weighted by Crippen LogP contribution is 2.32. The van der Waals surface area contributed by atoms with Gasteiger partial charge in [0, 0.05) is 30.0 Å². The number of ether oxygens (including phenoxy) is 1. The minimum absolute atomic E-state index is 0.572. The Morgan fingerprint density at radius 3 is 2.72 bits per heavy atom. The number of rotatable bonds is 4. The van der Waals surface area contributed by atoms with E-state index in [0.717, 1.165) is 16.3 Å². The lowest BCUT2D eigenvalue weighted by Crippen LogP contribution is -2.33. The lowest BCUT2D eigenvalue weighted by atomic mass is 9.92. The van der Waals surface area contributed by atoms with Crippen LogP contribution >= 0.6 is 0 Å². The van der Waals surface area contributed by atoms with Crippen molar-refractivity contribution in [2.24, 2.45) is 0 Å². The maximum absolute atomic E-state index is 10.5. The second kappa shape index (κ2) is 5.04. The van der Waals surface area contributed by atoms with E-state index in [0.29, 0.717) is 6.61 Å². The molecule has 18 heavy (non-hydrogen) atoms. The molecule has 2 rings (SSSR count). The van der Waals surface area contributed by atoms with Crippen LogP contribution in [0.25, 0.3) is 10.8 Å². The Balaban J connectivity index is 2.48. The summed E-state index contributed by atoms with van der Waals surface area (Å²) in [5.74, 6) is 0. The lowest BCUT2D eigenvalue weighted by Gasteiger charge is -2.31. The number of aromatic nitrogens is 1. The molecule has 3 heteroatoms. The van der Waals surface area contributed by atoms with E-state index >= 15 is 0 Å². The molecule has 1 unspecified atom stereocenters. The van der Waals surface area contributed by atoms with Crippen molar-refractivity contribution in [1.29, 1.82) is 0 Å². The first-order valence-electron chi connectivity index (χ1n) is 6.21. The summed E-state index contributed by atoms with van der Waals surface area (Å²) in [5, 5.41) is 12.6. The fourth-order valence-corrected chi connectivity index (χ4v) is 2.18. The summed E-state index contributed by atoms with van der Waals surface area (Å²) in [4.78, 5) is 4.19. The molecular formula is C15H19NO2. The Labute approximate surface area is 107 Å². The summed E-state index contributed by atoms with van der Waals surface area (Å²) in [6.45, 7) is 6.28. The van der Waals surface area contributed by atoms with Crippen LogP contribution in [0, 0.1) is 0 Å². The fourth-order valence-electron chi connectivity index (χ4n) is 2.18. The van der Waals surface area contributed by atoms with E-state index in [9.17, 15) is 5.11 Å². The molecule has 0 radical (unpaired) electrons. The molecule has 1 N–H and O–H groups in total. The van der Waals surface area contributed by atoms with Crippen LogP contribution in [0.4, 0.5) is 0 Å².